The van der Waals surface area contributed by atoms with Crippen molar-refractivity contribution in [1.82, 2.24) is 4.90 Å². The normalized spacial score (nSPS) is 13.3. The molecule has 184 valence electrons. The van der Waals surface area contributed by atoms with Crippen LogP contribution in [-0.4, -0.2) is 34.7 Å². The van der Waals surface area contributed by atoms with E-state index < -0.39 is 29.8 Å². The predicted molar refractivity (Wildman–Crippen MR) is 135 cm³/mol. The maximum atomic E-state index is 12.8. The van der Waals surface area contributed by atoms with E-state index in [2.05, 4.69) is 5.32 Å². The summed E-state index contributed by atoms with van der Waals surface area (Å²) in [6.07, 6.45) is 0.344. The molecule has 0 saturated carbocycles. The highest BCUT2D eigenvalue weighted by atomic mass is 16.5. The van der Waals surface area contributed by atoms with Crippen molar-refractivity contribution in [1.29, 1.82) is 0 Å². The van der Waals surface area contributed by atoms with E-state index in [1.807, 2.05) is 42.5 Å². The Labute approximate surface area is 212 Å². The molecular weight excluding hydrogens is 472 g/mol. The fourth-order valence-corrected chi connectivity index (χ4v) is 4.10. The number of para-hydroxylation sites is 1. The number of ether oxygens (including phenoxy) is 1. The molecule has 0 bridgehead atoms. The van der Waals surface area contributed by atoms with Crippen LogP contribution in [0.5, 0.6) is 0 Å². The Hall–Kier alpha value is -4.98. The molecule has 8 heteroatoms. The quantitative estimate of drug-likeness (QED) is 0.289. The number of carbonyl (C=O) groups excluding carboxylic acids is 4. The average molecular weight is 495 g/mol. The van der Waals surface area contributed by atoms with Crippen LogP contribution in [0.15, 0.2) is 95.6 Å². The van der Waals surface area contributed by atoms with Gasteiger partial charge in [-0.25, -0.2) is 4.79 Å². The van der Waals surface area contributed by atoms with Gasteiger partial charge in [-0.1, -0.05) is 48.5 Å². The molecule has 37 heavy (non-hydrogen) atoms. The summed E-state index contributed by atoms with van der Waals surface area (Å²) in [6, 6.07) is 24.4. The van der Waals surface area contributed by atoms with Crippen LogP contribution >= 0.6 is 0 Å². The van der Waals surface area contributed by atoms with Gasteiger partial charge in [-0.2, -0.15) is 0 Å². The van der Waals surface area contributed by atoms with E-state index in [1.165, 1.54) is 31.4 Å². The summed E-state index contributed by atoms with van der Waals surface area (Å²) in [6.45, 7) is 1.45. The second-order valence-electron chi connectivity index (χ2n) is 8.48. The van der Waals surface area contributed by atoms with Crippen molar-refractivity contribution in [2.24, 2.45) is 0 Å². The van der Waals surface area contributed by atoms with Gasteiger partial charge in [-0.15, -0.1) is 0 Å². The van der Waals surface area contributed by atoms with Crippen LogP contribution in [0.1, 0.15) is 43.8 Å². The molecule has 0 saturated heterocycles. The van der Waals surface area contributed by atoms with E-state index in [0.29, 0.717) is 11.4 Å². The van der Waals surface area contributed by atoms with Gasteiger partial charge in [0, 0.05) is 11.3 Å². The van der Waals surface area contributed by atoms with Gasteiger partial charge in [0.15, 0.2) is 6.10 Å². The highest BCUT2D eigenvalue weighted by molar-refractivity contribution is 6.21. The Morgan fingerprint density at radius 1 is 0.865 bits per heavy atom. The van der Waals surface area contributed by atoms with Crippen molar-refractivity contribution in [2.75, 3.05) is 5.32 Å². The summed E-state index contributed by atoms with van der Waals surface area (Å²) in [5.41, 5.74) is 2.69. The lowest BCUT2D eigenvalue weighted by Crippen LogP contribution is -2.30. The third kappa shape index (κ3) is 4.77. The highest BCUT2D eigenvalue weighted by Gasteiger charge is 2.36. The first-order valence-electron chi connectivity index (χ1n) is 11.6. The zero-order chi connectivity index (χ0) is 25.9. The molecule has 3 amide bonds. The van der Waals surface area contributed by atoms with Gasteiger partial charge in [0.1, 0.15) is 5.76 Å². The Balaban J connectivity index is 1.27. The number of hydrogen-bond donors (Lipinski definition) is 1. The molecule has 4 aromatic rings. The smallest absolute Gasteiger partial charge is 0.338 e. The van der Waals surface area contributed by atoms with Crippen molar-refractivity contribution in [3.8, 4) is 11.1 Å². The maximum Gasteiger partial charge on any atom is 0.338 e. The van der Waals surface area contributed by atoms with Gasteiger partial charge in [0.05, 0.1) is 29.5 Å². The van der Waals surface area contributed by atoms with Crippen LogP contribution in [-0.2, 0) is 16.1 Å². The van der Waals surface area contributed by atoms with Crippen LogP contribution in [0.3, 0.4) is 0 Å². The molecule has 0 radical (unpaired) electrons. The molecule has 0 spiro atoms. The third-order valence-corrected chi connectivity index (χ3v) is 6.02. The summed E-state index contributed by atoms with van der Waals surface area (Å²) < 4.78 is 10.6. The SMILES string of the molecule is CC(OC(=O)c1ccc2c(c1)C(=O)N(Cc1ccco1)C2=O)C(=O)Nc1ccccc1-c1ccccc1. The first-order valence-corrected chi connectivity index (χ1v) is 11.6. The predicted octanol–water partition coefficient (Wildman–Crippen LogP) is 4.93. The van der Waals surface area contributed by atoms with E-state index in [9.17, 15) is 19.2 Å². The first kappa shape index (κ1) is 23.7. The summed E-state index contributed by atoms with van der Waals surface area (Å²) in [4.78, 5) is 52.2. The van der Waals surface area contributed by atoms with Gasteiger partial charge in [0.2, 0.25) is 0 Å². The molecule has 1 atom stereocenters. The number of imide groups is 1. The Morgan fingerprint density at radius 3 is 2.35 bits per heavy atom. The second-order valence-corrected chi connectivity index (χ2v) is 8.48. The molecule has 1 aliphatic heterocycles. The highest BCUT2D eigenvalue weighted by Crippen LogP contribution is 2.28. The zero-order valence-electron chi connectivity index (χ0n) is 19.8. The molecule has 5 rings (SSSR count). The lowest BCUT2D eigenvalue weighted by atomic mass is 10.0. The number of carbonyl (C=O) groups is 4. The summed E-state index contributed by atoms with van der Waals surface area (Å²) in [5, 5.41) is 2.82. The number of rotatable bonds is 7. The van der Waals surface area contributed by atoms with Crippen molar-refractivity contribution >= 4 is 29.4 Å². The zero-order valence-corrected chi connectivity index (χ0v) is 19.8. The van der Waals surface area contributed by atoms with E-state index in [1.54, 1.807) is 24.3 Å². The van der Waals surface area contributed by atoms with Crippen molar-refractivity contribution in [2.45, 2.75) is 19.6 Å². The first-order chi connectivity index (χ1) is 17.9. The Bertz CT molecular complexity index is 1490. The fourth-order valence-electron chi connectivity index (χ4n) is 4.10. The monoisotopic (exact) mass is 494 g/mol. The van der Waals surface area contributed by atoms with E-state index in [-0.39, 0.29) is 23.2 Å². The number of nitrogens with one attached hydrogen (secondary N) is 1. The lowest BCUT2D eigenvalue weighted by molar-refractivity contribution is -0.123. The second kappa shape index (κ2) is 9.94. The molecule has 1 unspecified atom stereocenters. The van der Waals surface area contributed by atoms with Gasteiger partial charge in [0.25, 0.3) is 17.7 Å². The van der Waals surface area contributed by atoms with Gasteiger partial charge in [-0.05, 0) is 48.9 Å². The van der Waals surface area contributed by atoms with Crippen LogP contribution in [0.2, 0.25) is 0 Å². The Kier molecular flexibility index (Phi) is 6.38. The molecule has 8 nitrogen and oxygen atoms in total. The number of amides is 3. The van der Waals surface area contributed by atoms with Crippen molar-refractivity contribution < 1.29 is 28.3 Å². The van der Waals surface area contributed by atoms with Crippen LogP contribution in [0.4, 0.5) is 5.69 Å². The number of fused-ring (bicyclic) bond motifs is 1. The third-order valence-electron chi connectivity index (χ3n) is 6.02. The van der Waals surface area contributed by atoms with Gasteiger partial charge >= 0.3 is 5.97 Å². The standard InChI is InChI=1S/C29H22N2O6/c1-18(26(32)30-25-12-6-5-11-22(25)19-8-3-2-4-9-19)37-29(35)20-13-14-23-24(16-20)28(34)31(27(23)33)17-21-10-7-15-36-21/h2-16,18H,17H2,1H3,(H,30,32). The summed E-state index contributed by atoms with van der Waals surface area (Å²) in [7, 11) is 0. The van der Waals surface area contributed by atoms with Crippen LogP contribution in [0.25, 0.3) is 11.1 Å². The molecule has 0 aliphatic carbocycles. The number of esters is 1. The minimum absolute atomic E-state index is 0.0131. The molecule has 1 aromatic heterocycles. The summed E-state index contributed by atoms with van der Waals surface area (Å²) in [5.74, 6) is -1.83. The number of nitrogens with zero attached hydrogens (tertiary/aromatic N) is 1. The van der Waals surface area contributed by atoms with Crippen LogP contribution < -0.4 is 5.32 Å². The molecule has 1 N–H and O–H groups in total. The largest absolute Gasteiger partial charge is 0.467 e. The minimum Gasteiger partial charge on any atom is -0.467 e. The molecule has 3 aromatic carbocycles. The number of benzene rings is 3. The minimum atomic E-state index is -1.11. The lowest BCUT2D eigenvalue weighted by Gasteiger charge is -2.16. The van der Waals surface area contributed by atoms with E-state index in [4.69, 9.17) is 9.15 Å². The molecule has 1 aliphatic rings. The fraction of sp³-hybridized carbons (Fsp3) is 0.103. The van der Waals surface area contributed by atoms with E-state index >= 15 is 0 Å². The number of hydrogen-bond acceptors (Lipinski definition) is 6. The molecule has 0 fully saturated rings. The average Bonchev–Trinajstić information content (AvgIpc) is 3.52. The van der Waals surface area contributed by atoms with E-state index in [0.717, 1.165) is 16.0 Å². The van der Waals surface area contributed by atoms with Crippen LogP contribution in [0, 0.1) is 0 Å². The maximum absolute atomic E-state index is 12.8. The number of anilines is 1. The Morgan fingerprint density at radius 2 is 1.59 bits per heavy atom. The van der Waals surface area contributed by atoms with Gasteiger partial charge < -0.3 is 14.5 Å². The molecular formula is C29H22N2O6. The summed E-state index contributed by atoms with van der Waals surface area (Å²) >= 11 is 0. The van der Waals surface area contributed by atoms with Crippen molar-refractivity contribution in [3.63, 3.8) is 0 Å². The topological polar surface area (TPSA) is 106 Å². The molecule has 2 heterocycles. The van der Waals surface area contributed by atoms with Crippen molar-refractivity contribution in [3.05, 3.63) is 114 Å². The number of furan rings is 1. The van der Waals surface area contributed by atoms with Gasteiger partial charge in [-0.3, -0.25) is 19.3 Å².